The molecule has 7 nitrogen and oxygen atoms in total. The highest BCUT2D eigenvalue weighted by Gasteiger charge is 2.22. The Kier molecular flexibility index (Phi) is 6.07. The summed E-state index contributed by atoms with van der Waals surface area (Å²) in [5, 5.41) is 20.0. The van der Waals surface area contributed by atoms with E-state index in [0.717, 1.165) is 11.1 Å². The molecule has 3 rings (SSSR count). The second kappa shape index (κ2) is 8.68. The third-order valence-electron chi connectivity index (χ3n) is 4.43. The van der Waals surface area contributed by atoms with E-state index < -0.39 is 17.9 Å². The van der Waals surface area contributed by atoms with Crippen LogP contribution in [0.1, 0.15) is 36.2 Å². The molecular weight excluding hydrogens is 370 g/mol. The van der Waals surface area contributed by atoms with Crippen molar-refractivity contribution in [1.29, 1.82) is 0 Å². The first-order valence-electron chi connectivity index (χ1n) is 9.38. The number of carboxylic acid groups (broad SMARTS) is 1. The monoisotopic (exact) mass is 393 g/mol. The summed E-state index contributed by atoms with van der Waals surface area (Å²) in [5.41, 5.74) is 3.00. The summed E-state index contributed by atoms with van der Waals surface area (Å²) >= 11 is 0. The van der Waals surface area contributed by atoms with Gasteiger partial charge in [-0.3, -0.25) is 4.79 Å². The number of nitrogens with zero attached hydrogens (tertiary/aromatic N) is 2. The molecule has 150 valence electrons. The Morgan fingerprint density at radius 3 is 1.97 bits per heavy atom. The molecule has 2 N–H and O–H groups in total. The molecule has 0 aliphatic heterocycles. The topological polar surface area (TPSA) is 105 Å². The first kappa shape index (κ1) is 20.3. The van der Waals surface area contributed by atoms with Crippen LogP contribution < -0.4 is 5.32 Å². The number of carbonyl (C=O) groups is 2. The normalized spacial score (nSPS) is 12.0. The van der Waals surface area contributed by atoms with Crippen LogP contribution in [0.5, 0.6) is 0 Å². The largest absolute Gasteiger partial charge is 0.480 e. The van der Waals surface area contributed by atoms with Crippen LogP contribution in [0, 0.1) is 12.8 Å². The van der Waals surface area contributed by atoms with Crippen LogP contribution in [0.4, 0.5) is 0 Å². The minimum absolute atomic E-state index is 0.152. The van der Waals surface area contributed by atoms with Crippen molar-refractivity contribution in [3.63, 3.8) is 0 Å². The molecule has 1 amide bonds. The quantitative estimate of drug-likeness (QED) is 0.630. The van der Waals surface area contributed by atoms with Crippen LogP contribution in [-0.4, -0.2) is 33.2 Å². The molecule has 0 aliphatic rings. The Morgan fingerprint density at radius 2 is 1.48 bits per heavy atom. The van der Waals surface area contributed by atoms with Gasteiger partial charge in [0.15, 0.2) is 0 Å². The number of aromatic nitrogens is 2. The zero-order valence-corrected chi connectivity index (χ0v) is 16.5. The molecule has 0 spiro atoms. The second-order valence-electron chi connectivity index (χ2n) is 7.35. The van der Waals surface area contributed by atoms with E-state index >= 15 is 0 Å². The van der Waals surface area contributed by atoms with Gasteiger partial charge in [0.2, 0.25) is 11.8 Å². The molecule has 0 radical (unpaired) electrons. The van der Waals surface area contributed by atoms with Gasteiger partial charge in [-0.05, 0) is 55.7 Å². The van der Waals surface area contributed by atoms with Crippen molar-refractivity contribution in [2.45, 2.75) is 33.2 Å². The molecule has 0 fully saturated rings. The Hall–Kier alpha value is -3.48. The van der Waals surface area contributed by atoms with Crippen LogP contribution >= 0.6 is 0 Å². The Morgan fingerprint density at radius 1 is 0.966 bits per heavy atom. The molecule has 1 heterocycles. The number of rotatable bonds is 7. The smallest absolute Gasteiger partial charge is 0.326 e. The number of carboxylic acids is 1. The van der Waals surface area contributed by atoms with Crippen LogP contribution in [-0.2, 0) is 4.79 Å². The van der Waals surface area contributed by atoms with Crippen molar-refractivity contribution in [2.75, 3.05) is 0 Å². The predicted octanol–water partition coefficient (Wildman–Crippen LogP) is 3.94. The number of hydrogen-bond acceptors (Lipinski definition) is 5. The Balaban J connectivity index is 1.72. The van der Waals surface area contributed by atoms with E-state index in [1.165, 1.54) is 0 Å². The van der Waals surface area contributed by atoms with Gasteiger partial charge in [0.25, 0.3) is 5.91 Å². The van der Waals surface area contributed by atoms with E-state index in [0.29, 0.717) is 29.3 Å². The van der Waals surface area contributed by atoms with Crippen LogP contribution in [0.2, 0.25) is 0 Å². The lowest BCUT2D eigenvalue weighted by atomic mass is 10.0. The van der Waals surface area contributed by atoms with Crippen molar-refractivity contribution >= 4 is 11.9 Å². The molecule has 1 unspecified atom stereocenters. The van der Waals surface area contributed by atoms with E-state index in [-0.39, 0.29) is 5.92 Å². The summed E-state index contributed by atoms with van der Waals surface area (Å²) in [6.07, 6.45) is 0.364. The van der Waals surface area contributed by atoms with Crippen LogP contribution in [0.25, 0.3) is 22.9 Å². The van der Waals surface area contributed by atoms with Gasteiger partial charge in [0.05, 0.1) is 0 Å². The highest BCUT2D eigenvalue weighted by atomic mass is 16.4. The third kappa shape index (κ3) is 5.07. The zero-order chi connectivity index (χ0) is 21.0. The van der Waals surface area contributed by atoms with Gasteiger partial charge in [-0.2, -0.15) is 0 Å². The predicted molar refractivity (Wildman–Crippen MR) is 108 cm³/mol. The summed E-state index contributed by atoms with van der Waals surface area (Å²) in [5.74, 6) is -0.566. The Labute approximate surface area is 168 Å². The number of hydrogen-bond donors (Lipinski definition) is 2. The zero-order valence-electron chi connectivity index (χ0n) is 16.5. The standard InChI is InChI=1S/C22H23N3O4/c1-13(2)12-18(22(27)28)23-19(26)15-8-10-17(11-9-15)21-25-24-20(29-21)16-6-4-14(3)5-7-16/h4-11,13,18H,12H2,1-3H3,(H,23,26)(H,27,28). The maximum atomic E-state index is 12.4. The number of aliphatic carboxylic acids is 1. The molecule has 1 aromatic heterocycles. The minimum Gasteiger partial charge on any atom is -0.480 e. The minimum atomic E-state index is -1.04. The number of nitrogens with one attached hydrogen (secondary N) is 1. The van der Waals surface area contributed by atoms with Crippen molar-refractivity contribution in [3.8, 4) is 22.9 Å². The van der Waals surface area contributed by atoms with Gasteiger partial charge in [-0.25, -0.2) is 4.79 Å². The highest BCUT2D eigenvalue weighted by Crippen LogP contribution is 2.24. The summed E-state index contributed by atoms with van der Waals surface area (Å²) < 4.78 is 5.74. The molecule has 0 saturated heterocycles. The molecule has 0 saturated carbocycles. The molecule has 2 aromatic carbocycles. The average molecular weight is 393 g/mol. The maximum Gasteiger partial charge on any atom is 0.326 e. The molecule has 3 aromatic rings. The lowest BCUT2D eigenvalue weighted by molar-refractivity contribution is -0.139. The molecular formula is C22H23N3O4. The molecule has 7 heteroatoms. The molecule has 29 heavy (non-hydrogen) atoms. The van der Waals surface area contributed by atoms with E-state index in [2.05, 4.69) is 15.5 Å². The van der Waals surface area contributed by atoms with Crippen LogP contribution in [0.15, 0.2) is 52.9 Å². The first-order chi connectivity index (χ1) is 13.8. The summed E-state index contributed by atoms with van der Waals surface area (Å²) in [6, 6.07) is 13.4. The van der Waals surface area contributed by atoms with Crippen molar-refractivity contribution < 1.29 is 19.1 Å². The molecule has 0 aliphatic carbocycles. The SMILES string of the molecule is Cc1ccc(-c2nnc(-c3ccc(C(=O)NC(CC(C)C)C(=O)O)cc3)o2)cc1. The highest BCUT2D eigenvalue weighted by molar-refractivity contribution is 5.96. The fraction of sp³-hybridized carbons (Fsp3) is 0.273. The van der Waals surface area contributed by atoms with E-state index in [9.17, 15) is 14.7 Å². The van der Waals surface area contributed by atoms with E-state index in [1.54, 1.807) is 24.3 Å². The van der Waals surface area contributed by atoms with Gasteiger partial charge in [-0.1, -0.05) is 31.5 Å². The third-order valence-corrected chi connectivity index (χ3v) is 4.43. The fourth-order valence-electron chi connectivity index (χ4n) is 2.85. The number of amides is 1. The summed E-state index contributed by atoms with van der Waals surface area (Å²) in [7, 11) is 0. The molecule has 1 atom stereocenters. The number of aryl methyl sites for hydroxylation is 1. The second-order valence-corrected chi connectivity index (χ2v) is 7.35. The molecule has 0 bridgehead atoms. The summed E-state index contributed by atoms with van der Waals surface area (Å²) in [6.45, 7) is 5.82. The average Bonchev–Trinajstić information content (AvgIpc) is 3.18. The van der Waals surface area contributed by atoms with Gasteiger partial charge >= 0.3 is 5.97 Å². The summed E-state index contributed by atoms with van der Waals surface area (Å²) in [4.78, 5) is 23.7. The van der Waals surface area contributed by atoms with Crippen molar-refractivity contribution in [1.82, 2.24) is 15.5 Å². The van der Waals surface area contributed by atoms with E-state index in [4.69, 9.17) is 4.42 Å². The lowest BCUT2D eigenvalue weighted by Gasteiger charge is -2.16. The Bertz CT molecular complexity index is 992. The number of benzene rings is 2. The van der Waals surface area contributed by atoms with E-state index in [1.807, 2.05) is 45.0 Å². The lowest BCUT2D eigenvalue weighted by Crippen LogP contribution is -2.41. The van der Waals surface area contributed by atoms with Gasteiger partial charge < -0.3 is 14.8 Å². The van der Waals surface area contributed by atoms with Crippen LogP contribution in [0.3, 0.4) is 0 Å². The van der Waals surface area contributed by atoms with Gasteiger partial charge in [0.1, 0.15) is 6.04 Å². The maximum absolute atomic E-state index is 12.4. The van der Waals surface area contributed by atoms with Gasteiger partial charge in [0, 0.05) is 16.7 Å². The first-order valence-corrected chi connectivity index (χ1v) is 9.38. The van der Waals surface area contributed by atoms with Crippen molar-refractivity contribution in [3.05, 3.63) is 59.7 Å². The van der Waals surface area contributed by atoms with Gasteiger partial charge in [-0.15, -0.1) is 10.2 Å². The number of carbonyl (C=O) groups excluding carboxylic acids is 1. The fourth-order valence-corrected chi connectivity index (χ4v) is 2.85. The van der Waals surface area contributed by atoms with Crippen molar-refractivity contribution in [2.24, 2.45) is 5.92 Å².